The molecule has 0 radical (unpaired) electrons. The smallest absolute Gasteiger partial charge is 0.236 e. The first-order chi connectivity index (χ1) is 9.17. The minimum Gasteiger partial charge on any atom is -0.368 e. The van der Waals surface area contributed by atoms with Crippen LogP contribution in [0, 0.1) is 0 Å². The highest BCUT2D eigenvalue weighted by molar-refractivity contribution is 5.79. The molecule has 1 aromatic heterocycles. The summed E-state index contributed by atoms with van der Waals surface area (Å²) in [5, 5.41) is 3.25. The second-order valence-electron chi connectivity index (χ2n) is 4.55. The summed E-state index contributed by atoms with van der Waals surface area (Å²) in [5.74, 6) is 0.488. The number of aromatic nitrogens is 1. The summed E-state index contributed by atoms with van der Waals surface area (Å²) in [4.78, 5) is 17.4. The van der Waals surface area contributed by atoms with E-state index in [2.05, 4.69) is 24.1 Å². The third kappa shape index (κ3) is 5.70. The van der Waals surface area contributed by atoms with Gasteiger partial charge in [0.1, 0.15) is 5.82 Å². The van der Waals surface area contributed by atoms with Gasteiger partial charge in [-0.2, -0.15) is 0 Å². The molecule has 1 rings (SSSR count). The normalized spacial score (nSPS) is 10.4. The second-order valence-corrected chi connectivity index (χ2v) is 4.55. The standard InChI is InChI=1S/C14H24N4O/c1-3-5-8-18(11-13(15)19)14-7-6-12(10-17-14)9-16-4-2/h6-7,10,16H,3-5,8-9,11H2,1-2H3,(H2,15,19). The van der Waals surface area contributed by atoms with E-state index in [9.17, 15) is 4.79 Å². The van der Waals surface area contributed by atoms with Crippen LogP contribution in [0.2, 0.25) is 0 Å². The Kier molecular flexibility index (Phi) is 6.89. The summed E-state index contributed by atoms with van der Waals surface area (Å²) in [5.41, 5.74) is 6.42. The third-order valence-electron chi connectivity index (χ3n) is 2.84. The number of primary amides is 1. The first kappa shape index (κ1) is 15.4. The van der Waals surface area contributed by atoms with Crippen molar-refractivity contribution >= 4 is 11.7 Å². The van der Waals surface area contributed by atoms with Crippen LogP contribution in [0.4, 0.5) is 5.82 Å². The molecule has 0 saturated carbocycles. The Hall–Kier alpha value is -1.62. The Morgan fingerprint density at radius 2 is 2.21 bits per heavy atom. The summed E-state index contributed by atoms with van der Waals surface area (Å²) in [6.07, 6.45) is 3.94. The molecule has 5 nitrogen and oxygen atoms in total. The number of carbonyl (C=O) groups is 1. The largest absolute Gasteiger partial charge is 0.368 e. The minimum atomic E-state index is -0.324. The number of hydrogen-bond donors (Lipinski definition) is 2. The number of rotatable bonds is 9. The number of nitrogens with one attached hydrogen (secondary N) is 1. The van der Waals surface area contributed by atoms with Crippen LogP contribution in [0.25, 0.3) is 0 Å². The van der Waals surface area contributed by atoms with E-state index in [4.69, 9.17) is 5.73 Å². The molecule has 1 amide bonds. The van der Waals surface area contributed by atoms with Gasteiger partial charge in [0.2, 0.25) is 5.91 Å². The van der Waals surface area contributed by atoms with E-state index in [0.717, 1.165) is 43.9 Å². The number of pyridine rings is 1. The number of nitrogens with zero attached hydrogens (tertiary/aromatic N) is 2. The molecule has 19 heavy (non-hydrogen) atoms. The first-order valence-corrected chi connectivity index (χ1v) is 6.86. The Bertz CT molecular complexity index is 378. The van der Waals surface area contributed by atoms with Crippen molar-refractivity contribution in [1.29, 1.82) is 0 Å². The maximum absolute atomic E-state index is 11.1. The third-order valence-corrected chi connectivity index (χ3v) is 2.84. The lowest BCUT2D eigenvalue weighted by molar-refractivity contribution is -0.116. The van der Waals surface area contributed by atoms with Crippen LogP contribution in [0.3, 0.4) is 0 Å². The molecule has 0 bridgehead atoms. The van der Waals surface area contributed by atoms with Crippen LogP contribution < -0.4 is 16.0 Å². The molecule has 0 spiro atoms. The van der Waals surface area contributed by atoms with E-state index in [1.165, 1.54) is 0 Å². The van der Waals surface area contributed by atoms with Gasteiger partial charge in [0.15, 0.2) is 0 Å². The molecule has 1 heterocycles. The topological polar surface area (TPSA) is 71.2 Å². The van der Waals surface area contributed by atoms with Crippen LogP contribution in [-0.2, 0) is 11.3 Å². The van der Waals surface area contributed by atoms with Gasteiger partial charge >= 0.3 is 0 Å². The van der Waals surface area contributed by atoms with Crippen LogP contribution in [0.15, 0.2) is 18.3 Å². The molecule has 0 atom stereocenters. The maximum Gasteiger partial charge on any atom is 0.236 e. The molecule has 0 unspecified atom stereocenters. The first-order valence-electron chi connectivity index (χ1n) is 6.86. The summed E-state index contributed by atoms with van der Waals surface area (Å²) < 4.78 is 0. The van der Waals surface area contributed by atoms with Gasteiger partial charge in [-0.3, -0.25) is 4.79 Å². The van der Waals surface area contributed by atoms with Crippen molar-refractivity contribution in [3.63, 3.8) is 0 Å². The van der Waals surface area contributed by atoms with Crippen molar-refractivity contribution in [2.75, 3.05) is 24.5 Å². The molecule has 5 heteroatoms. The average Bonchev–Trinajstić information content (AvgIpc) is 2.41. The fourth-order valence-corrected chi connectivity index (χ4v) is 1.79. The predicted octanol–water partition coefficient (Wildman–Crippen LogP) is 1.28. The number of carbonyl (C=O) groups excluding carboxylic acids is 1. The van der Waals surface area contributed by atoms with Gasteiger partial charge in [0, 0.05) is 19.3 Å². The van der Waals surface area contributed by atoms with E-state index in [1.54, 1.807) is 0 Å². The molecule has 0 fully saturated rings. The zero-order valence-electron chi connectivity index (χ0n) is 11.9. The average molecular weight is 264 g/mol. The van der Waals surface area contributed by atoms with Crippen molar-refractivity contribution in [3.05, 3.63) is 23.9 Å². The number of nitrogens with two attached hydrogens (primary N) is 1. The maximum atomic E-state index is 11.1. The van der Waals surface area contributed by atoms with Crippen LogP contribution in [-0.4, -0.2) is 30.5 Å². The van der Waals surface area contributed by atoms with E-state index >= 15 is 0 Å². The minimum absolute atomic E-state index is 0.222. The second kappa shape index (κ2) is 8.48. The number of amides is 1. The molecule has 0 aliphatic heterocycles. The predicted molar refractivity (Wildman–Crippen MR) is 77.9 cm³/mol. The fraction of sp³-hybridized carbons (Fsp3) is 0.571. The summed E-state index contributed by atoms with van der Waals surface area (Å²) in [6, 6.07) is 3.98. The number of unbranched alkanes of at least 4 members (excludes halogenated alkanes) is 1. The molecule has 0 aromatic carbocycles. The number of hydrogen-bond acceptors (Lipinski definition) is 4. The van der Waals surface area contributed by atoms with Gasteiger partial charge < -0.3 is 16.0 Å². The summed E-state index contributed by atoms with van der Waals surface area (Å²) in [7, 11) is 0. The Balaban J connectivity index is 2.69. The van der Waals surface area contributed by atoms with Gasteiger partial charge in [0.25, 0.3) is 0 Å². The van der Waals surface area contributed by atoms with Crippen LogP contribution >= 0.6 is 0 Å². The monoisotopic (exact) mass is 264 g/mol. The SMILES string of the molecule is CCCCN(CC(N)=O)c1ccc(CNCC)cn1. The van der Waals surface area contributed by atoms with Gasteiger partial charge in [0.05, 0.1) is 6.54 Å². The Morgan fingerprint density at radius 1 is 1.42 bits per heavy atom. The van der Waals surface area contributed by atoms with Crippen molar-refractivity contribution in [1.82, 2.24) is 10.3 Å². The summed E-state index contributed by atoms with van der Waals surface area (Å²) >= 11 is 0. The lowest BCUT2D eigenvalue weighted by Gasteiger charge is -2.22. The van der Waals surface area contributed by atoms with Crippen molar-refractivity contribution < 1.29 is 4.79 Å². The fourth-order valence-electron chi connectivity index (χ4n) is 1.79. The lowest BCUT2D eigenvalue weighted by Crippen LogP contribution is -2.35. The molecular formula is C14H24N4O. The van der Waals surface area contributed by atoms with E-state index in [0.29, 0.717) is 0 Å². The van der Waals surface area contributed by atoms with Gasteiger partial charge in [-0.1, -0.05) is 26.3 Å². The molecule has 1 aromatic rings. The van der Waals surface area contributed by atoms with Gasteiger partial charge in [-0.25, -0.2) is 4.98 Å². The molecule has 3 N–H and O–H groups in total. The summed E-state index contributed by atoms with van der Waals surface area (Å²) in [6.45, 7) is 6.97. The molecule has 106 valence electrons. The van der Waals surface area contributed by atoms with E-state index < -0.39 is 0 Å². The highest BCUT2D eigenvalue weighted by Gasteiger charge is 2.10. The molecule has 0 saturated heterocycles. The van der Waals surface area contributed by atoms with Crippen molar-refractivity contribution in [2.24, 2.45) is 5.73 Å². The van der Waals surface area contributed by atoms with Crippen LogP contribution in [0.1, 0.15) is 32.3 Å². The molecule has 0 aliphatic rings. The van der Waals surface area contributed by atoms with Crippen molar-refractivity contribution in [2.45, 2.75) is 33.2 Å². The van der Waals surface area contributed by atoms with Gasteiger partial charge in [-0.05, 0) is 24.6 Å². The lowest BCUT2D eigenvalue weighted by atomic mass is 10.2. The number of anilines is 1. The van der Waals surface area contributed by atoms with E-state index in [1.807, 2.05) is 23.2 Å². The Morgan fingerprint density at radius 3 is 2.74 bits per heavy atom. The molecule has 0 aliphatic carbocycles. The van der Waals surface area contributed by atoms with Crippen LogP contribution in [0.5, 0.6) is 0 Å². The van der Waals surface area contributed by atoms with Crippen molar-refractivity contribution in [3.8, 4) is 0 Å². The Labute approximate surface area is 115 Å². The highest BCUT2D eigenvalue weighted by atomic mass is 16.1. The zero-order chi connectivity index (χ0) is 14.1. The quantitative estimate of drug-likeness (QED) is 0.705. The molecular weight excluding hydrogens is 240 g/mol. The van der Waals surface area contributed by atoms with Gasteiger partial charge in [-0.15, -0.1) is 0 Å². The zero-order valence-corrected chi connectivity index (χ0v) is 11.9. The van der Waals surface area contributed by atoms with E-state index in [-0.39, 0.29) is 12.5 Å². The highest BCUT2D eigenvalue weighted by Crippen LogP contribution is 2.12.